The van der Waals surface area contributed by atoms with Gasteiger partial charge in [0, 0.05) is 0 Å². The molecule has 0 bridgehead atoms. The first kappa shape index (κ1) is 12.7. The van der Waals surface area contributed by atoms with Gasteiger partial charge in [0.05, 0.1) is 6.10 Å². The van der Waals surface area contributed by atoms with E-state index in [0.29, 0.717) is 0 Å². The lowest BCUT2D eigenvalue weighted by Crippen LogP contribution is -2.41. The first-order chi connectivity index (χ1) is 7.52. The van der Waals surface area contributed by atoms with Crippen molar-refractivity contribution in [3.05, 3.63) is 35.9 Å². The Kier molecular flexibility index (Phi) is 4.46. The van der Waals surface area contributed by atoms with Crippen molar-refractivity contribution < 1.29 is 14.6 Å². The van der Waals surface area contributed by atoms with Crippen molar-refractivity contribution >= 4 is 5.97 Å². The highest BCUT2D eigenvalue weighted by molar-refractivity contribution is 5.76. The molecule has 88 valence electrons. The zero-order valence-electron chi connectivity index (χ0n) is 9.46. The van der Waals surface area contributed by atoms with E-state index < -0.39 is 18.1 Å². The number of carbonyl (C=O) groups is 1. The Morgan fingerprint density at radius 1 is 1.31 bits per heavy atom. The summed E-state index contributed by atoms with van der Waals surface area (Å²) in [6.45, 7) is 3.22. The Balaban J connectivity index is 2.58. The zero-order valence-corrected chi connectivity index (χ0v) is 9.46. The summed E-state index contributed by atoms with van der Waals surface area (Å²) < 4.78 is 5.14. The average Bonchev–Trinajstić information content (AvgIpc) is 2.28. The van der Waals surface area contributed by atoms with E-state index in [1.165, 1.54) is 6.92 Å². The van der Waals surface area contributed by atoms with Crippen LogP contribution in [0.15, 0.2) is 30.3 Å². The van der Waals surface area contributed by atoms with Crippen molar-refractivity contribution in [3.8, 4) is 0 Å². The van der Waals surface area contributed by atoms with Crippen molar-refractivity contribution in [1.82, 2.24) is 0 Å². The Bertz CT molecular complexity index is 337. The summed E-state index contributed by atoms with van der Waals surface area (Å²) in [4.78, 5) is 11.5. The number of ether oxygens (including phenoxy) is 1. The molecule has 3 atom stereocenters. The molecule has 1 aromatic carbocycles. The van der Waals surface area contributed by atoms with Gasteiger partial charge in [-0.15, -0.1) is 0 Å². The van der Waals surface area contributed by atoms with Crippen molar-refractivity contribution in [3.63, 3.8) is 0 Å². The smallest absolute Gasteiger partial charge is 0.326 e. The highest BCUT2D eigenvalue weighted by Crippen LogP contribution is 2.16. The first-order valence-corrected chi connectivity index (χ1v) is 5.21. The van der Waals surface area contributed by atoms with E-state index in [-0.39, 0.29) is 6.10 Å². The molecular formula is C12H17NO3. The van der Waals surface area contributed by atoms with Crippen LogP contribution in [0.1, 0.15) is 25.5 Å². The zero-order chi connectivity index (χ0) is 12.1. The number of hydrogen-bond acceptors (Lipinski definition) is 4. The largest absolute Gasteiger partial charge is 0.457 e. The average molecular weight is 223 g/mol. The lowest BCUT2D eigenvalue weighted by Gasteiger charge is -2.18. The van der Waals surface area contributed by atoms with E-state index in [0.717, 1.165) is 5.56 Å². The third kappa shape index (κ3) is 3.32. The van der Waals surface area contributed by atoms with Crippen molar-refractivity contribution in [1.29, 1.82) is 0 Å². The van der Waals surface area contributed by atoms with E-state index in [2.05, 4.69) is 0 Å². The van der Waals surface area contributed by atoms with Gasteiger partial charge in [0.2, 0.25) is 0 Å². The second kappa shape index (κ2) is 5.63. The summed E-state index contributed by atoms with van der Waals surface area (Å²) in [6.07, 6.45) is -1.27. The normalized spacial score (nSPS) is 16.2. The summed E-state index contributed by atoms with van der Waals surface area (Å²) in [5.74, 6) is -0.591. The number of hydrogen-bond donors (Lipinski definition) is 2. The highest BCUT2D eigenvalue weighted by Gasteiger charge is 2.22. The molecule has 0 aliphatic carbocycles. The van der Waals surface area contributed by atoms with Gasteiger partial charge in [-0.3, -0.25) is 4.79 Å². The summed E-state index contributed by atoms with van der Waals surface area (Å²) in [5.41, 5.74) is 6.36. The van der Waals surface area contributed by atoms with Crippen LogP contribution in [-0.4, -0.2) is 23.2 Å². The van der Waals surface area contributed by atoms with Crippen LogP contribution >= 0.6 is 0 Å². The third-order valence-corrected chi connectivity index (χ3v) is 2.35. The van der Waals surface area contributed by atoms with E-state index in [9.17, 15) is 4.79 Å². The highest BCUT2D eigenvalue weighted by atomic mass is 16.5. The molecule has 0 radical (unpaired) electrons. The summed E-state index contributed by atoms with van der Waals surface area (Å²) >= 11 is 0. The predicted octanol–water partition coefficient (Wildman–Crippen LogP) is 0.999. The van der Waals surface area contributed by atoms with Gasteiger partial charge in [-0.05, 0) is 19.4 Å². The van der Waals surface area contributed by atoms with E-state index in [1.807, 2.05) is 30.3 Å². The standard InChI is InChI=1S/C12H17NO3/c1-8(14)11(13)12(15)16-9(2)10-6-4-3-5-7-10/h3-9,11,14H,13H2,1-2H3. The molecule has 1 rings (SSSR count). The quantitative estimate of drug-likeness (QED) is 0.747. The third-order valence-electron chi connectivity index (χ3n) is 2.35. The number of aliphatic hydroxyl groups excluding tert-OH is 1. The molecule has 3 N–H and O–H groups in total. The lowest BCUT2D eigenvalue weighted by molar-refractivity contribution is -0.152. The van der Waals surface area contributed by atoms with Crippen LogP contribution < -0.4 is 5.73 Å². The Morgan fingerprint density at radius 2 is 1.88 bits per heavy atom. The van der Waals surface area contributed by atoms with Crippen molar-refractivity contribution in [2.24, 2.45) is 5.73 Å². The Morgan fingerprint density at radius 3 is 2.38 bits per heavy atom. The van der Waals surface area contributed by atoms with Gasteiger partial charge in [-0.2, -0.15) is 0 Å². The summed E-state index contributed by atoms with van der Waals surface area (Å²) in [7, 11) is 0. The molecule has 0 saturated heterocycles. The van der Waals surface area contributed by atoms with Gasteiger partial charge in [-0.1, -0.05) is 30.3 Å². The number of esters is 1. The molecule has 16 heavy (non-hydrogen) atoms. The minimum Gasteiger partial charge on any atom is -0.457 e. The van der Waals surface area contributed by atoms with Crippen LogP contribution in [0.3, 0.4) is 0 Å². The monoisotopic (exact) mass is 223 g/mol. The van der Waals surface area contributed by atoms with Gasteiger partial charge in [0.25, 0.3) is 0 Å². The van der Waals surface area contributed by atoms with Crippen LogP contribution in [0.2, 0.25) is 0 Å². The fraction of sp³-hybridized carbons (Fsp3) is 0.417. The molecular weight excluding hydrogens is 206 g/mol. The molecule has 0 saturated carbocycles. The van der Waals surface area contributed by atoms with Crippen molar-refractivity contribution in [2.45, 2.75) is 32.1 Å². The fourth-order valence-corrected chi connectivity index (χ4v) is 1.24. The number of nitrogens with two attached hydrogens (primary N) is 1. The number of carbonyl (C=O) groups excluding carboxylic acids is 1. The SMILES string of the molecule is CC(OC(=O)C(N)C(C)O)c1ccccc1. The van der Waals surface area contributed by atoms with Gasteiger partial charge in [0.15, 0.2) is 0 Å². The molecule has 0 amide bonds. The summed E-state index contributed by atoms with van der Waals surface area (Å²) in [5, 5.41) is 9.15. The van der Waals surface area contributed by atoms with Crippen molar-refractivity contribution in [2.75, 3.05) is 0 Å². The van der Waals surface area contributed by atoms with Gasteiger partial charge in [-0.25, -0.2) is 0 Å². The Hall–Kier alpha value is -1.39. The topological polar surface area (TPSA) is 72.5 Å². The van der Waals surface area contributed by atoms with Crippen LogP contribution in [-0.2, 0) is 9.53 Å². The predicted molar refractivity (Wildman–Crippen MR) is 60.6 cm³/mol. The van der Waals surface area contributed by atoms with Crippen LogP contribution in [0.4, 0.5) is 0 Å². The maximum atomic E-state index is 11.5. The second-order valence-electron chi connectivity index (χ2n) is 3.76. The molecule has 0 aromatic heterocycles. The fourth-order valence-electron chi connectivity index (χ4n) is 1.24. The maximum Gasteiger partial charge on any atom is 0.326 e. The molecule has 1 aromatic rings. The molecule has 4 nitrogen and oxygen atoms in total. The Labute approximate surface area is 95.0 Å². The van der Waals surface area contributed by atoms with Gasteiger partial charge >= 0.3 is 5.97 Å². The number of benzene rings is 1. The van der Waals surface area contributed by atoms with Crippen LogP contribution in [0.25, 0.3) is 0 Å². The molecule has 0 aliphatic heterocycles. The maximum absolute atomic E-state index is 11.5. The molecule has 0 heterocycles. The minimum absolute atomic E-state index is 0.363. The van der Waals surface area contributed by atoms with Crippen LogP contribution in [0, 0.1) is 0 Å². The molecule has 4 heteroatoms. The number of rotatable bonds is 4. The summed E-state index contributed by atoms with van der Waals surface area (Å²) in [6, 6.07) is 8.37. The van der Waals surface area contributed by atoms with E-state index in [1.54, 1.807) is 6.92 Å². The first-order valence-electron chi connectivity index (χ1n) is 5.21. The lowest BCUT2D eigenvalue weighted by atomic mass is 10.1. The van der Waals surface area contributed by atoms with E-state index in [4.69, 9.17) is 15.6 Å². The van der Waals surface area contributed by atoms with Gasteiger partial charge < -0.3 is 15.6 Å². The molecule has 0 aliphatic rings. The van der Waals surface area contributed by atoms with Crippen LogP contribution in [0.5, 0.6) is 0 Å². The number of aliphatic hydroxyl groups is 1. The van der Waals surface area contributed by atoms with Gasteiger partial charge in [0.1, 0.15) is 12.1 Å². The molecule has 0 spiro atoms. The molecule has 3 unspecified atom stereocenters. The minimum atomic E-state index is -0.994. The van der Waals surface area contributed by atoms with E-state index >= 15 is 0 Å². The second-order valence-corrected chi connectivity index (χ2v) is 3.76. The molecule has 0 fully saturated rings.